The molecule has 0 unspecified atom stereocenters. The molecule has 3 amide bonds. The topological polar surface area (TPSA) is 84.9 Å². The van der Waals surface area contributed by atoms with Crippen LogP contribution in [0.15, 0.2) is 30.3 Å². The van der Waals surface area contributed by atoms with Crippen LogP contribution in [0.25, 0.3) is 0 Å². The Morgan fingerprint density at radius 2 is 1.87 bits per heavy atom. The van der Waals surface area contributed by atoms with E-state index in [1.807, 2.05) is 37.3 Å². The maximum atomic E-state index is 13.6. The molecule has 2 aliphatic rings. The van der Waals surface area contributed by atoms with Crippen LogP contribution in [0.4, 0.5) is 9.59 Å². The molecule has 0 aromatic heterocycles. The average molecular weight is 417 g/mol. The van der Waals surface area contributed by atoms with Gasteiger partial charge in [0, 0.05) is 0 Å². The number of imide groups is 1. The van der Waals surface area contributed by atoms with Crippen LogP contribution in [0, 0.1) is 5.41 Å². The molecule has 7 heteroatoms. The Kier molecular flexibility index (Phi) is 6.38. The second kappa shape index (κ2) is 8.66. The van der Waals surface area contributed by atoms with Crippen molar-refractivity contribution >= 4 is 18.1 Å². The zero-order valence-electron chi connectivity index (χ0n) is 18.3. The van der Waals surface area contributed by atoms with E-state index in [0.717, 1.165) is 31.2 Å². The normalized spacial score (nSPS) is 21.8. The summed E-state index contributed by atoms with van der Waals surface area (Å²) in [5.74, 6) is -0.423. The van der Waals surface area contributed by atoms with Crippen molar-refractivity contribution in [3.63, 3.8) is 0 Å². The van der Waals surface area contributed by atoms with Gasteiger partial charge in [-0.25, -0.2) is 14.5 Å². The molecule has 164 valence electrons. The van der Waals surface area contributed by atoms with E-state index in [2.05, 4.69) is 5.32 Å². The lowest BCUT2D eigenvalue weighted by Crippen LogP contribution is -2.58. The molecule has 30 heavy (non-hydrogen) atoms. The first-order chi connectivity index (χ1) is 14.1. The van der Waals surface area contributed by atoms with Gasteiger partial charge in [-0.3, -0.25) is 4.79 Å². The van der Waals surface area contributed by atoms with Gasteiger partial charge in [0.15, 0.2) is 0 Å². The first-order valence-electron chi connectivity index (χ1n) is 10.6. The van der Waals surface area contributed by atoms with Crippen LogP contribution in [0.3, 0.4) is 0 Å². The van der Waals surface area contributed by atoms with Gasteiger partial charge in [-0.2, -0.15) is 0 Å². The SMILES string of the molecule is CC(C)(C)OC(=O)N[C@H](C(=O)N1C(=O)OC[C@@H]1Cc1ccccc1)C1(C)CCCC1. The lowest BCUT2D eigenvalue weighted by molar-refractivity contribution is -0.134. The van der Waals surface area contributed by atoms with Crippen molar-refractivity contribution in [2.45, 2.75) is 77.5 Å². The van der Waals surface area contributed by atoms with Gasteiger partial charge in [0.25, 0.3) is 5.91 Å². The fourth-order valence-corrected chi connectivity index (χ4v) is 4.34. The largest absolute Gasteiger partial charge is 0.447 e. The number of nitrogens with one attached hydrogen (secondary N) is 1. The standard InChI is InChI=1S/C23H32N2O5/c1-22(2,3)30-20(27)24-18(23(4)12-8-9-13-23)19(26)25-17(15-29-21(25)28)14-16-10-6-5-7-11-16/h5-7,10-11,17-18H,8-9,12-15H2,1-4H3,(H,24,27)/t17-,18+/m0/s1. The van der Waals surface area contributed by atoms with E-state index >= 15 is 0 Å². The van der Waals surface area contributed by atoms with Gasteiger partial charge >= 0.3 is 12.2 Å². The number of benzene rings is 1. The van der Waals surface area contributed by atoms with E-state index in [1.54, 1.807) is 20.8 Å². The zero-order valence-corrected chi connectivity index (χ0v) is 18.3. The summed E-state index contributed by atoms with van der Waals surface area (Å²) < 4.78 is 10.6. The summed E-state index contributed by atoms with van der Waals surface area (Å²) >= 11 is 0. The van der Waals surface area contributed by atoms with Crippen LogP contribution >= 0.6 is 0 Å². The molecule has 2 atom stereocenters. The van der Waals surface area contributed by atoms with E-state index in [1.165, 1.54) is 4.90 Å². The van der Waals surface area contributed by atoms with Crippen LogP contribution in [0.1, 0.15) is 58.9 Å². The molecule has 1 aromatic carbocycles. The van der Waals surface area contributed by atoms with Crippen molar-refractivity contribution in [1.29, 1.82) is 0 Å². The maximum Gasteiger partial charge on any atom is 0.417 e. The Balaban J connectivity index is 1.83. The van der Waals surface area contributed by atoms with Crippen LogP contribution in [0.5, 0.6) is 0 Å². The number of amides is 3. The van der Waals surface area contributed by atoms with Crippen LogP contribution in [-0.4, -0.2) is 47.3 Å². The molecule has 0 radical (unpaired) electrons. The number of hydrogen-bond acceptors (Lipinski definition) is 5. The van der Waals surface area contributed by atoms with Gasteiger partial charge in [0.05, 0.1) is 6.04 Å². The first kappa shape index (κ1) is 22.1. The third-order valence-corrected chi connectivity index (χ3v) is 5.86. The number of rotatable bonds is 5. The highest BCUT2D eigenvalue weighted by atomic mass is 16.6. The molecule has 0 bridgehead atoms. The molecule has 3 rings (SSSR count). The zero-order chi connectivity index (χ0) is 21.9. The third kappa shape index (κ3) is 5.12. The second-order valence-electron chi connectivity index (χ2n) is 9.57. The smallest absolute Gasteiger partial charge is 0.417 e. The highest BCUT2D eigenvalue weighted by Gasteiger charge is 2.49. The lowest BCUT2D eigenvalue weighted by atomic mass is 9.79. The van der Waals surface area contributed by atoms with Crippen LogP contribution in [-0.2, 0) is 20.7 Å². The minimum absolute atomic E-state index is 0.148. The molecule has 1 aliphatic carbocycles. The molecule has 7 nitrogen and oxygen atoms in total. The van der Waals surface area contributed by atoms with E-state index in [9.17, 15) is 14.4 Å². The van der Waals surface area contributed by atoms with Gasteiger partial charge in [-0.1, -0.05) is 50.1 Å². The fraction of sp³-hybridized carbons (Fsp3) is 0.609. The number of ether oxygens (including phenoxy) is 2. The van der Waals surface area contributed by atoms with Gasteiger partial charge in [-0.15, -0.1) is 0 Å². The Bertz CT molecular complexity index is 781. The Morgan fingerprint density at radius 1 is 1.23 bits per heavy atom. The first-order valence-corrected chi connectivity index (χ1v) is 10.6. The number of carbonyl (C=O) groups excluding carboxylic acids is 3. The molecule has 1 aromatic rings. The van der Waals surface area contributed by atoms with Crippen LogP contribution in [0.2, 0.25) is 0 Å². The van der Waals surface area contributed by atoms with Crippen molar-refractivity contribution in [2.24, 2.45) is 5.41 Å². The van der Waals surface area contributed by atoms with Crippen molar-refractivity contribution < 1.29 is 23.9 Å². The molecule has 1 heterocycles. The Labute approximate surface area is 178 Å². The fourth-order valence-electron chi connectivity index (χ4n) is 4.34. The molecule has 1 aliphatic heterocycles. The van der Waals surface area contributed by atoms with Crippen molar-refractivity contribution in [2.75, 3.05) is 6.61 Å². The van der Waals surface area contributed by atoms with Crippen molar-refractivity contribution in [3.05, 3.63) is 35.9 Å². The van der Waals surface area contributed by atoms with Gasteiger partial charge < -0.3 is 14.8 Å². The Morgan fingerprint density at radius 3 is 2.47 bits per heavy atom. The number of cyclic esters (lactones) is 1. The third-order valence-electron chi connectivity index (χ3n) is 5.86. The average Bonchev–Trinajstić information content (AvgIpc) is 3.25. The number of alkyl carbamates (subject to hydrolysis) is 1. The number of carbonyl (C=O) groups is 3. The predicted octanol–water partition coefficient (Wildman–Crippen LogP) is 4.05. The number of nitrogens with zero attached hydrogens (tertiary/aromatic N) is 1. The van der Waals surface area contributed by atoms with Gasteiger partial charge in [-0.05, 0) is 51.0 Å². The molecular formula is C23H32N2O5. The summed E-state index contributed by atoms with van der Waals surface area (Å²) in [5, 5.41) is 2.78. The molecular weight excluding hydrogens is 384 g/mol. The minimum Gasteiger partial charge on any atom is -0.447 e. The van der Waals surface area contributed by atoms with Crippen molar-refractivity contribution in [3.8, 4) is 0 Å². The van der Waals surface area contributed by atoms with Gasteiger partial charge in [0.2, 0.25) is 0 Å². The van der Waals surface area contributed by atoms with E-state index in [4.69, 9.17) is 9.47 Å². The molecule has 0 spiro atoms. The summed E-state index contributed by atoms with van der Waals surface area (Å²) in [6.07, 6.45) is 2.76. The molecule has 2 fully saturated rings. The highest BCUT2D eigenvalue weighted by molar-refractivity contribution is 5.98. The molecule has 1 N–H and O–H groups in total. The van der Waals surface area contributed by atoms with Gasteiger partial charge in [0.1, 0.15) is 18.2 Å². The maximum absolute atomic E-state index is 13.6. The number of hydrogen-bond donors (Lipinski definition) is 1. The predicted molar refractivity (Wildman–Crippen MR) is 112 cm³/mol. The molecule has 1 saturated heterocycles. The summed E-state index contributed by atoms with van der Waals surface area (Å²) in [5.41, 5.74) is -0.104. The monoisotopic (exact) mass is 416 g/mol. The van der Waals surface area contributed by atoms with Crippen LogP contribution < -0.4 is 5.32 Å². The second-order valence-corrected chi connectivity index (χ2v) is 9.57. The summed E-state index contributed by atoms with van der Waals surface area (Å²) in [6.45, 7) is 7.46. The summed E-state index contributed by atoms with van der Waals surface area (Å²) in [7, 11) is 0. The molecule has 1 saturated carbocycles. The van der Waals surface area contributed by atoms with E-state index < -0.39 is 41.2 Å². The van der Waals surface area contributed by atoms with Crippen molar-refractivity contribution in [1.82, 2.24) is 10.2 Å². The minimum atomic E-state index is -0.848. The van der Waals surface area contributed by atoms with E-state index in [0.29, 0.717) is 6.42 Å². The summed E-state index contributed by atoms with van der Waals surface area (Å²) in [4.78, 5) is 39.8. The highest BCUT2D eigenvalue weighted by Crippen LogP contribution is 2.41. The quantitative estimate of drug-likeness (QED) is 0.783. The lowest BCUT2D eigenvalue weighted by Gasteiger charge is -2.36. The van der Waals surface area contributed by atoms with E-state index in [-0.39, 0.29) is 6.61 Å². The summed E-state index contributed by atoms with van der Waals surface area (Å²) in [6, 6.07) is 8.43. The Hall–Kier alpha value is -2.57.